The number of anilines is 1. The normalized spacial score (nSPS) is 37.8. The van der Waals surface area contributed by atoms with Crippen molar-refractivity contribution in [2.45, 2.75) is 63.0 Å². The topological polar surface area (TPSA) is 87.6 Å². The van der Waals surface area contributed by atoms with Crippen molar-refractivity contribution in [3.8, 4) is 0 Å². The second-order valence-electron chi connectivity index (χ2n) is 10.2. The number of rotatable bonds is 4. The Morgan fingerprint density at radius 1 is 1.07 bits per heavy atom. The summed E-state index contributed by atoms with van der Waals surface area (Å²) in [7, 11) is 0. The molecule has 1 amide bonds. The molecule has 4 bridgehead atoms. The molecular formula is C23H32N4O3. The fraction of sp³-hybridized carbons (Fsp3) is 0.783. The summed E-state index contributed by atoms with van der Waals surface area (Å²) in [5.74, 6) is 3.04. The van der Waals surface area contributed by atoms with Crippen LogP contribution >= 0.6 is 0 Å². The highest BCUT2D eigenvalue weighted by Crippen LogP contribution is 2.53. The van der Waals surface area contributed by atoms with E-state index in [1.165, 1.54) is 6.42 Å². The average Bonchev–Trinajstić information content (AvgIpc) is 2.72. The van der Waals surface area contributed by atoms with Gasteiger partial charge >= 0.3 is 0 Å². The average molecular weight is 413 g/mol. The van der Waals surface area contributed by atoms with Crippen molar-refractivity contribution in [2.75, 3.05) is 31.2 Å². The molecule has 0 atom stereocenters. The third-order valence-corrected chi connectivity index (χ3v) is 8.54. The Hall–Kier alpha value is -1.73. The van der Waals surface area contributed by atoms with Gasteiger partial charge in [0.05, 0.1) is 30.6 Å². The Labute approximate surface area is 177 Å². The van der Waals surface area contributed by atoms with E-state index in [4.69, 9.17) is 9.72 Å². The quantitative estimate of drug-likeness (QED) is 0.788. The number of ether oxygens (including phenoxy) is 1. The van der Waals surface area contributed by atoms with Crippen LogP contribution in [0.4, 0.5) is 5.95 Å². The number of hydrogen-bond acceptors (Lipinski definition) is 6. The van der Waals surface area contributed by atoms with Crippen molar-refractivity contribution in [3.05, 3.63) is 17.5 Å². The maximum absolute atomic E-state index is 13.4. The van der Waals surface area contributed by atoms with Gasteiger partial charge in [0.15, 0.2) is 0 Å². The summed E-state index contributed by atoms with van der Waals surface area (Å²) in [4.78, 5) is 25.0. The summed E-state index contributed by atoms with van der Waals surface area (Å²) in [6, 6.07) is 0.241. The molecule has 7 nitrogen and oxygen atoms in total. The maximum atomic E-state index is 13.4. The van der Waals surface area contributed by atoms with Gasteiger partial charge in [0, 0.05) is 31.2 Å². The molecule has 2 heterocycles. The van der Waals surface area contributed by atoms with E-state index >= 15 is 0 Å². The van der Waals surface area contributed by atoms with Crippen LogP contribution < -0.4 is 10.2 Å². The molecule has 1 aliphatic heterocycles. The molecule has 1 aromatic rings. The molecule has 1 aromatic heterocycles. The van der Waals surface area contributed by atoms with E-state index in [9.17, 15) is 9.90 Å². The second kappa shape index (κ2) is 7.45. The van der Waals surface area contributed by atoms with Crippen molar-refractivity contribution in [1.82, 2.24) is 15.3 Å². The predicted octanol–water partition coefficient (Wildman–Crippen LogP) is 2.11. The van der Waals surface area contributed by atoms with Gasteiger partial charge in [-0.05, 0) is 62.2 Å². The number of aromatic nitrogens is 2. The van der Waals surface area contributed by atoms with Crippen LogP contribution in [0.15, 0.2) is 6.20 Å². The number of aliphatic hydroxyl groups is 1. The summed E-state index contributed by atoms with van der Waals surface area (Å²) in [5.41, 5.74) is 1.61. The zero-order valence-electron chi connectivity index (χ0n) is 17.5. The molecule has 0 spiro atoms. The van der Waals surface area contributed by atoms with Crippen LogP contribution in [0.25, 0.3) is 0 Å². The lowest BCUT2D eigenvalue weighted by Crippen LogP contribution is -2.60. The van der Waals surface area contributed by atoms with Crippen molar-refractivity contribution in [2.24, 2.45) is 23.7 Å². The maximum Gasteiger partial charge on any atom is 0.254 e. The van der Waals surface area contributed by atoms with Crippen LogP contribution in [-0.2, 0) is 4.74 Å². The predicted molar refractivity (Wildman–Crippen MR) is 111 cm³/mol. The van der Waals surface area contributed by atoms with E-state index in [2.05, 4.69) is 15.2 Å². The molecule has 5 aliphatic carbocycles. The Morgan fingerprint density at radius 3 is 2.33 bits per heavy atom. The minimum absolute atomic E-state index is 0.00319. The number of aliphatic hydroxyl groups excluding tert-OH is 1. The van der Waals surface area contributed by atoms with Gasteiger partial charge < -0.3 is 20.1 Å². The molecule has 5 saturated carbocycles. The fourth-order valence-electron chi connectivity index (χ4n) is 6.79. The van der Waals surface area contributed by atoms with Crippen LogP contribution in [0.5, 0.6) is 0 Å². The van der Waals surface area contributed by atoms with E-state index in [0.29, 0.717) is 48.4 Å². The highest BCUT2D eigenvalue weighted by atomic mass is 16.5. The fourth-order valence-corrected chi connectivity index (χ4v) is 6.79. The number of amides is 1. The van der Waals surface area contributed by atoms with Crippen molar-refractivity contribution >= 4 is 11.9 Å². The minimum atomic E-state index is -0.111. The zero-order chi connectivity index (χ0) is 20.2. The van der Waals surface area contributed by atoms with Gasteiger partial charge in [0.2, 0.25) is 5.95 Å². The summed E-state index contributed by atoms with van der Waals surface area (Å²) in [5, 5.41) is 13.8. The highest BCUT2D eigenvalue weighted by molar-refractivity contribution is 5.95. The first kappa shape index (κ1) is 19.0. The first-order valence-corrected chi connectivity index (χ1v) is 11.9. The van der Waals surface area contributed by atoms with Crippen molar-refractivity contribution in [3.63, 3.8) is 0 Å². The van der Waals surface area contributed by atoms with E-state index < -0.39 is 0 Å². The lowest BCUT2D eigenvalue weighted by molar-refractivity contribution is -0.106. The number of morpholine rings is 1. The van der Waals surface area contributed by atoms with E-state index in [0.717, 1.165) is 63.3 Å². The molecule has 162 valence electrons. The molecule has 0 radical (unpaired) electrons. The Bertz CT molecular complexity index is 791. The highest BCUT2D eigenvalue weighted by Gasteiger charge is 2.53. The van der Waals surface area contributed by atoms with Gasteiger partial charge in [-0.15, -0.1) is 0 Å². The van der Waals surface area contributed by atoms with Crippen LogP contribution in [0.1, 0.15) is 66.9 Å². The molecule has 2 N–H and O–H groups in total. The number of nitrogens with one attached hydrogen (secondary N) is 1. The Kier molecular flexibility index (Phi) is 4.71. The lowest BCUT2D eigenvalue weighted by Gasteiger charge is -2.56. The molecule has 1 saturated heterocycles. The van der Waals surface area contributed by atoms with Gasteiger partial charge in [-0.2, -0.15) is 0 Å². The largest absolute Gasteiger partial charge is 0.393 e. The molecule has 30 heavy (non-hydrogen) atoms. The summed E-state index contributed by atoms with van der Waals surface area (Å²) in [6.45, 7) is 3.00. The molecule has 0 unspecified atom stereocenters. The SMILES string of the molecule is O=C(NC1C2CC3CC1CC(C2)C3O)c1cnc(N2CCOCC2)nc1C1CCC1. The van der Waals surface area contributed by atoms with Gasteiger partial charge in [0.1, 0.15) is 0 Å². The summed E-state index contributed by atoms with van der Waals surface area (Å²) < 4.78 is 5.45. The first-order valence-electron chi connectivity index (χ1n) is 11.9. The van der Waals surface area contributed by atoms with Gasteiger partial charge in [-0.3, -0.25) is 4.79 Å². The van der Waals surface area contributed by atoms with E-state index in [1.54, 1.807) is 6.20 Å². The third kappa shape index (κ3) is 3.12. The smallest absolute Gasteiger partial charge is 0.254 e. The summed E-state index contributed by atoms with van der Waals surface area (Å²) >= 11 is 0. The van der Waals surface area contributed by atoms with E-state index in [1.807, 2.05) is 0 Å². The first-order chi connectivity index (χ1) is 14.7. The van der Waals surface area contributed by atoms with Gasteiger partial charge in [-0.25, -0.2) is 9.97 Å². The summed E-state index contributed by atoms with van der Waals surface area (Å²) in [6.07, 6.45) is 9.30. The van der Waals surface area contributed by atoms with Crippen LogP contribution in [0.3, 0.4) is 0 Å². The van der Waals surface area contributed by atoms with Crippen LogP contribution in [0, 0.1) is 23.7 Å². The molecule has 0 aromatic carbocycles. The standard InChI is InChI=1S/C23H32N4O3/c28-21-16-8-14-9-17(21)11-15(10-16)19(14)25-22(29)18-12-24-23(27-4-6-30-7-5-27)26-20(18)13-2-1-3-13/h12-17,19,21,28H,1-11H2,(H,25,29). The number of carbonyl (C=O) groups is 1. The van der Waals surface area contributed by atoms with E-state index in [-0.39, 0.29) is 18.1 Å². The van der Waals surface area contributed by atoms with Gasteiger partial charge in [-0.1, -0.05) is 6.42 Å². The molecule has 7 heteroatoms. The zero-order valence-corrected chi connectivity index (χ0v) is 17.5. The minimum Gasteiger partial charge on any atom is -0.393 e. The lowest BCUT2D eigenvalue weighted by atomic mass is 9.53. The molecule has 6 fully saturated rings. The number of hydrogen-bond donors (Lipinski definition) is 2. The monoisotopic (exact) mass is 412 g/mol. The molecule has 7 rings (SSSR count). The third-order valence-electron chi connectivity index (χ3n) is 8.54. The molecule has 6 aliphatic rings. The van der Waals surface area contributed by atoms with Crippen molar-refractivity contribution in [1.29, 1.82) is 0 Å². The molecular weight excluding hydrogens is 380 g/mol. The van der Waals surface area contributed by atoms with Crippen LogP contribution in [0.2, 0.25) is 0 Å². The second-order valence-corrected chi connectivity index (χ2v) is 10.2. The van der Waals surface area contributed by atoms with Gasteiger partial charge in [0.25, 0.3) is 5.91 Å². The Balaban J connectivity index is 1.23. The number of carbonyl (C=O) groups excluding carboxylic acids is 1. The number of nitrogens with zero attached hydrogens (tertiary/aromatic N) is 3. The Morgan fingerprint density at radius 2 is 1.73 bits per heavy atom. The van der Waals surface area contributed by atoms with Crippen molar-refractivity contribution < 1.29 is 14.6 Å². The van der Waals surface area contributed by atoms with Crippen LogP contribution in [-0.4, -0.2) is 59.4 Å².